The van der Waals surface area contributed by atoms with E-state index in [0.29, 0.717) is 0 Å². The van der Waals surface area contributed by atoms with E-state index in [9.17, 15) is 5.11 Å². The molecule has 0 aromatic carbocycles. The van der Waals surface area contributed by atoms with E-state index in [-0.39, 0.29) is 11.5 Å². The normalized spacial score (nSPS) is 14.1. The molecule has 1 unspecified atom stereocenters. The van der Waals surface area contributed by atoms with Crippen molar-refractivity contribution in [2.24, 2.45) is 5.41 Å². The van der Waals surface area contributed by atoms with Gasteiger partial charge in [0.05, 0.1) is 22.0 Å². The molecular formula is C13H23BrN2O. The van der Waals surface area contributed by atoms with Crippen molar-refractivity contribution in [3.05, 3.63) is 15.9 Å². The Kier molecular flexibility index (Phi) is 4.78. The van der Waals surface area contributed by atoms with Gasteiger partial charge in [0.25, 0.3) is 0 Å². The Labute approximate surface area is 112 Å². The molecule has 1 heterocycles. The van der Waals surface area contributed by atoms with Gasteiger partial charge in [-0.15, -0.1) is 0 Å². The van der Waals surface area contributed by atoms with Gasteiger partial charge in [-0.3, -0.25) is 4.68 Å². The first-order valence-corrected chi connectivity index (χ1v) is 6.96. The number of hydrogen-bond acceptors (Lipinski definition) is 2. The second-order valence-electron chi connectivity index (χ2n) is 5.58. The number of aryl methyl sites for hydroxylation is 2. The quantitative estimate of drug-likeness (QED) is 0.926. The first kappa shape index (κ1) is 14.7. The number of aliphatic hydroxyl groups excluding tert-OH is 1. The van der Waals surface area contributed by atoms with Gasteiger partial charge in [-0.1, -0.05) is 20.8 Å². The maximum Gasteiger partial charge on any atom is 0.0738 e. The zero-order valence-electron chi connectivity index (χ0n) is 11.4. The van der Waals surface area contributed by atoms with Crippen molar-refractivity contribution in [1.29, 1.82) is 0 Å². The lowest BCUT2D eigenvalue weighted by Crippen LogP contribution is -2.26. The molecule has 0 spiro atoms. The van der Waals surface area contributed by atoms with Gasteiger partial charge in [0.1, 0.15) is 0 Å². The number of halogens is 1. The Hall–Kier alpha value is -0.350. The molecule has 0 fully saturated rings. The fourth-order valence-electron chi connectivity index (χ4n) is 1.81. The summed E-state index contributed by atoms with van der Waals surface area (Å²) >= 11 is 3.58. The molecule has 1 rings (SSSR count). The van der Waals surface area contributed by atoms with Crippen molar-refractivity contribution in [1.82, 2.24) is 9.78 Å². The van der Waals surface area contributed by atoms with Gasteiger partial charge in [0.15, 0.2) is 0 Å². The number of aliphatic hydroxyl groups is 1. The summed E-state index contributed by atoms with van der Waals surface area (Å²) in [7, 11) is 0. The number of aromatic nitrogens is 2. The molecule has 0 bridgehead atoms. The van der Waals surface area contributed by atoms with E-state index in [2.05, 4.69) is 48.7 Å². The Balaban J connectivity index is 2.76. The third-order valence-electron chi connectivity index (χ3n) is 3.11. The molecule has 0 radical (unpaired) electrons. The van der Waals surface area contributed by atoms with E-state index < -0.39 is 0 Å². The van der Waals surface area contributed by atoms with Crippen molar-refractivity contribution in [2.45, 2.75) is 60.1 Å². The molecule has 0 amide bonds. The third kappa shape index (κ3) is 3.55. The van der Waals surface area contributed by atoms with Crippen LogP contribution >= 0.6 is 15.9 Å². The first-order valence-electron chi connectivity index (χ1n) is 6.17. The summed E-state index contributed by atoms with van der Waals surface area (Å²) in [5.74, 6) is 0. The molecule has 3 nitrogen and oxygen atoms in total. The van der Waals surface area contributed by atoms with E-state index in [0.717, 1.165) is 29.6 Å². The fourth-order valence-corrected chi connectivity index (χ4v) is 2.30. The van der Waals surface area contributed by atoms with Crippen LogP contribution in [0.15, 0.2) is 4.47 Å². The maximum atomic E-state index is 10.1. The lowest BCUT2D eigenvalue weighted by Gasteiger charge is -2.25. The SMILES string of the molecule is CCn1nc(C)c(Br)c1CCC(O)C(C)(C)C. The molecule has 17 heavy (non-hydrogen) atoms. The van der Waals surface area contributed by atoms with Crippen LogP contribution in [0.25, 0.3) is 0 Å². The third-order valence-corrected chi connectivity index (χ3v) is 4.14. The molecule has 1 aromatic rings. The number of nitrogens with zero attached hydrogens (tertiary/aromatic N) is 2. The Bertz CT molecular complexity index is 380. The van der Waals surface area contributed by atoms with Crippen LogP contribution in [0, 0.1) is 12.3 Å². The zero-order valence-corrected chi connectivity index (χ0v) is 13.0. The summed E-state index contributed by atoms with van der Waals surface area (Å²) in [6.45, 7) is 11.1. The minimum Gasteiger partial charge on any atom is -0.393 e. The molecule has 0 aliphatic carbocycles. The van der Waals surface area contributed by atoms with Gasteiger partial charge < -0.3 is 5.11 Å². The molecule has 0 aliphatic rings. The van der Waals surface area contributed by atoms with Gasteiger partial charge >= 0.3 is 0 Å². The predicted octanol–water partition coefficient (Wildman–Crippen LogP) is 3.31. The van der Waals surface area contributed by atoms with Crippen LogP contribution in [0.1, 0.15) is 45.5 Å². The minimum absolute atomic E-state index is 0.0570. The molecule has 1 atom stereocenters. The van der Waals surface area contributed by atoms with Crippen molar-refractivity contribution in [2.75, 3.05) is 0 Å². The van der Waals surface area contributed by atoms with Crippen LogP contribution in [-0.4, -0.2) is 21.0 Å². The van der Waals surface area contributed by atoms with Crippen LogP contribution in [0.2, 0.25) is 0 Å². The standard InChI is InChI=1S/C13H23BrN2O/c1-6-16-10(12(14)9(2)15-16)7-8-11(17)13(3,4)5/h11,17H,6-8H2,1-5H3. The zero-order chi connectivity index (χ0) is 13.2. The predicted molar refractivity (Wildman–Crippen MR) is 74.1 cm³/mol. The average Bonchev–Trinajstić information content (AvgIpc) is 2.50. The molecular weight excluding hydrogens is 280 g/mol. The van der Waals surface area contributed by atoms with Gasteiger partial charge in [0.2, 0.25) is 0 Å². The summed E-state index contributed by atoms with van der Waals surface area (Å²) in [6.07, 6.45) is 1.34. The highest BCUT2D eigenvalue weighted by atomic mass is 79.9. The van der Waals surface area contributed by atoms with Crippen LogP contribution < -0.4 is 0 Å². The van der Waals surface area contributed by atoms with Crippen molar-refractivity contribution >= 4 is 15.9 Å². The molecule has 98 valence electrons. The van der Waals surface area contributed by atoms with Gasteiger partial charge in [-0.25, -0.2) is 0 Å². The first-order chi connectivity index (χ1) is 7.77. The molecule has 1 aromatic heterocycles. The van der Waals surface area contributed by atoms with E-state index in [1.165, 1.54) is 5.69 Å². The smallest absolute Gasteiger partial charge is 0.0738 e. The maximum absolute atomic E-state index is 10.1. The summed E-state index contributed by atoms with van der Waals surface area (Å²) in [6, 6.07) is 0. The molecule has 0 saturated carbocycles. The average molecular weight is 303 g/mol. The van der Waals surface area contributed by atoms with Gasteiger partial charge in [-0.05, 0) is 48.0 Å². The van der Waals surface area contributed by atoms with Crippen molar-refractivity contribution in [3.63, 3.8) is 0 Å². The lowest BCUT2D eigenvalue weighted by atomic mass is 9.86. The fraction of sp³-hybridized carbons (Fsp3) is 0.769. The highest BCUT2D eigenvalue weighted by Gasteiger charge is 2.23. The number of rotatable bonds is 4. The summed E-state index contributed by atoms with van der Waals surface area (Å²) in [4.78, 5) is 0. The monoisotopic (exact) mass is 302 g/mol. The van der Waals surface area contributed by atoms with Crippen LogP contribution in [0.3, 0.4) is 0 Å². The minimum atomic E-state index is -0.282. The highest BCUT2D eigenvalue weighted by Crippen LogP contribution is 2.26. The second kappa shape index (κ2) is 5.53. The van der Waals surface area contributed by atoms with Gasteiger partial charge in [-0.2, -0.15) is 5.10 Å². The van der Waals surface area contributed by atoms with Crippen LogP contribution in [0.4, 0.5) is 0 Å². The Morgan fingerprint density at radius 3 is 2.47 bits per heavy atom. The van der Waals surface area contributed by atoms with Crippen molar-refractivity contribution in [3.8, 4) is 0 Å². The number of hydrogen-bond donors (Lipinski definition) is 1. The Morgan fingerprint density at radius 2 is 2.00 bits per heavy atom. The topological polar surface area (TPSA) is 38.0 Å². The van der Waals surface area contributed by atoms with Crippen LogP contribution in [0.5, 0.6) is 0 Å². The van der Waals surface area contributed by atoms with Crippen molar-refractivity contribution < 1.29 is 5.11 Å². The summed E-state index contributed by atoms with van der Waals surface area (Å²) in [5.41, 5.74) is 2.15. The lowest BCUT2D eigenvalue weighted by molar-refractivity contribution is 0.0555. The van der Waals surface area contributed by atoms with Gasteiger partial charge in [0, 0.05) is 6.54 Å². The summed E-state index contributed by atoms with van der Waals surface area (Å²) in [5, 5.41) is 14.5. The largest absolute Gasteiger partial charge is 0.393 e. The van der Waals surface area contributed by atoms with E-state index in [1.54, 1.807) is 0 Å². The van der Waals surface area contributed by atoms with Crippen LogP contribution in [-0.2, 0) is 13.0 Å². The highest BCUT2D eigenvalue weighted by molar-refractivity contribution is 9.10. The second-order valence-corrected chi connectivity index (χ2v) is 6.38. The summed E-state index contributed by atoms with van der Waals surface area (Å²) < 4.78 is 3.09. The Morgan fingerprint density at radius 1 is 1.41 bits per heavy atom. The molecule has 0 saturated heterocycles. The molecule has 4 heteroatoms. The molecule has 1 N–H and O–H groups in total. The van der Waals surface area contributed by atoms with E-state index in [4.69, 9.17) is 0 Å². The molecule has 0 aliphatic heterocycles. The van der Waals surface area contributed by atoms with E-state index >= 15 is 0 Å². The van der Waals surface area contributed by atoms with E-state index in [1.807, 2.05) is 11.6 Å².